The van der Waals surface area contributed by atoms with Crippen LogP contribution in [0.25, 0.3) is 11.6 Å². The topological polar surface area (TPSA) is 394 Å². The van der Waals surface area contributed by atoms with Gasteiger partial charge in [0, 0.05) is 9.36 Å². The minimum atomic E-state index is -1.96. The molecular formula is C11HN13O16. The van der Waals surface area contributed by atoms with Gasteiger partial charge in [-0.1, -0.05) is 0 Å². The predicted octanol–water partition coefficient (Wildman–Crippen LogP) is 0.719. The molecule has 0 amide bonds. The molecule has 0 N–H and O–H groups in total. The maximum absolute atomic E-state index is 11.6. The summed E-state index contributed by atoms with van der Waals surface area (Å²) in [4.78, 5) is 81.6. The highest BCUT2D eigenvalue weighted by Crippen LogP contribution is 2.43. The lowest BCUT2D eigenvalue weighted by atomic mass is 10.3. The number of pyridine rings is 1. The molecule has 29 heteroatoms. The molecule has 0 aliphatic carbocycles. The van der Waals surface area contributed by atoms with Crippen molar-refractivity contribution in [2.75, 3.05) is 0 Å². The Morgan fingerprint density at radius 2 is 0.800 bits per heavy atom. The zero-order chi connectivity index (χ0) is 30.4. The highest BCUT2D eigenvalue weighted by Gasteiger charge is 2.53. The Morgan fingerprint density at radius 3 is 1.02 bits per heavy atom. The van der Waals surface area contributed by atoms with E-state index in [1.807, 2.05) is 0 Å². The first kappa shape index (κ1) is 27.4. The molecule has 0 spiro atoms. The fourth-order valence-electron chi connectivity index (χ4n) is 3.03. The third-order valence-corrected chi connectivity index (χ3v) is 4.43. The first-order valence-corrected chi connectivity index (χ1v) is 8.98. The smallest absolute Gasteiger partial charge is 0.358 e. The summed E-state index contributed by atoms with van der Waals surface area (Å²) in [6.07, 6.45) is 0. The quantitative estimate of drug-likeness (QED) is 0.239. The Balaban J connectivity index is 2.64. The number of nitro groups is 8. The van der Waals surface area contributed by atoms with Gasteiger partial charge in [0.05, 0.1) is 19.7 Å². The van der Waals surface area contributed by atoms with Gasteiger partial charge in [-0.15, -0.1) is 4.98 Å². The van der Waals surface area contributed by atoms with Crippen LogP contribution in [0.4, 0.5) is 46.0 Å². The van der Waals surface area contributed by atoms with Crippen molar-refractivity contribution in [2.24, 2.45) is 0 Å². The van der Waals surface area contributed by atoms with Gasteiger partial charge in [0.25, 0.3) is 0 Å². The van der Waals surface area contributed by atoms with E-state index in [1.54, 1.807) is 0 Å². The molecule has 0 saturated carbocycles. The van der Waals surface area contributed by atoms with Crippen LogP contribution in [0.3, 0.4) is 0 Å². The van der Waals surface area contributed by atoms with Crippen molar-refractivity contribution in [1.82, 2.24) is 24.5 Å². The fraction of sp³-hybridized carbons (Fsp3) is 0. The van der Waals surface area contributed by atoms with Gasteiger partial charge < -0.3 is 40.5 Å². The van der Waals surface area contributed by atoms with Crippen LogP contribution < -0.4 is 0 Å². The number of hydrogen-bond acceptors (Lipinski definition) is 19. The minimum absolute atomic E-state index is 0.121. The molecule has 0 fully saturated rings. The average molecular weight is 571 g/mol. The van der Waals surface area contributed by atoms with Gasteiger partial charge in [0.1, 0.15) is 6.07 Å². The van der Waals surface area contributed by atoms with Gasteiger partial charge in [0.2, 0.25) is 0 Å². The fourth-order valence-corrected chi connectivity index (χ4v) is 3.03. The maximum atomic E-state index is 11.6. The Hall–Kier alpha value is -7.23. The molecule has 0 radical (unpaired) electrons. The van der Waals surface area contributed by atoms with Crippen LogP contribution in [0, 0.1) is 80.9 Å². The maximum Gasteiger partial charge on any atom is 0.499 e. The zero-order valence-corrected chi connectivity index (χ0v) is 17.9. The van der Waals surface area contributed by atoms with Crippen molar-refractivity contribution in [3.63, 3.8) is 0 Å². The normalized spacial score (nSPS) is 10.6. The van der Waals surface area contributed by atoms with Crippen LogP contribution in [-0.4, -0.2) is 63.9 Å². The summed E-state index contributed by atoms with van der Waals surface area (Å²) in [5.41, 5.74) is -7.21. The molecule has 206 valence electrons. The largest absolute Gasteiger partial charge is 0.499 e. The highest BCUT2D eigenvalue weighted by atomic mass is 16.7. The monoisotopic (exact) mass is 571 g/mol. The molecule has 40 heavy (non-hydrogen) atoms. The van der Waals surface area contributed by atoms with Crippen molar-refractivity contribution in [3.05, 3.63) is 87.0 Å². The van der Waals surface area contributed by atoms with E-state index >= 15 is 0 Å². The van der Waals surface area contributed by atoms with E-state index in [1.165, 1.54) is 0 Å². The van der Waals surface area contributed by atoms with E-state index in [0.29, 0.717) is 0 Å². The van der Waals surface area contributed by atoms with E-state index in [4.69, 9.17) is 0 Å². The van der Waals surface area contributed by atoms with Crippen LogP contribution >= 0.6 is 0 Å². The second-order valence-electron chi connectivity index (χ2n) is 6.55. The lowest BCUT2D eigenvalue weighted by Crippen LogP contribution is -2.14. The van der Waals surface area contributed by atoms with Gasteiger partial charge in [-0.25, -0.2) is 0 Å². The summed E-state index contributed by atoms with van der Waals surface area (Å²) in [6.45, 7) is 0. The molecule has 0 aliphatic rings. The molecule has 0 saturated heterocycles. The molecule has 0 aliphatic heterocycles. The van der Waals surface area contributed by atoms with Crippen LogP contribution in [0.2, 0.25) is 0 Å². The molecule has 3 heterocycles. The lowest BCUT2D eigenvalue weighted by molar-refractivity contribution is -0.441. The standard InChI is InChI=1S/C11HN13O16/c25-17(26)2-1-3(18(27)28)7(16-11(24(39)40)5(20(31)32)9(14-16)22(35)36)12-6(2)15-10(23(37)38)4(19(29)30)8(13-15)21(33)34/h1H. The summed E-state index contributed by atoms with van der Waals surface area (Å²) in [6, 6.07) is -0.121. The summed E-state index contributed by atoms with van der Waals surface area (Å²) in [5, 5.41) is 97.3. The molecule has 0 bridgehead atoms. The van der Waals surface area contributed by atoms with Crippen molar-refractivity contribution in [2.45, 2.75) is 0 Å². The summed E-state index contributed by atoms with van der Waals surface area (Å²) < 4.78 is -0.973. The van der Waals surface area contributed by atoms with Gasteiger partial charge in [0.15, 0.2) is 10.2 Å². The Labute approximate surface area is 209 Å². The third-order valence-electron chi connectivity index (χ3n) is 4.43. The van der Waals surface area contributed by atoms with Crippen molar-refractivity contribution >= 4 is 46.0 Å². The second-order valence-corrected chi connectivity index (χ2v) is 6.55. The highest BCUT2D eigenvalue weighted by molar-refractivity contribution is 5.69. The first-order valence-electron chi connectivity index (χ1n) is 8.98. The Morgan fingerprint density at radius 1 is 0.475 bits per heavy atom. The zero-order valence-electron chi connectivity index (χ0n) is 17.9. The van der Waals surface area contributed by atoms with Gasteiger partial charge >= 0.3 is 57.7 Å². The van der Waals surface area contributed by atoms with Crippen LogP contribution in [0.15, 0.2) is 6.07 Å². The number of rotatable bonds is 10. The molecule has 29 nitrogen and oxygen atoms in total. The Kier molecular flexibility index (Phi) is 6.38. The molecular weight excluding hydrogens is 570 g/mol. The second kappa shape index (κ2) is 9.33. The molecule has 0 unspecified atom stereocenters. The van der Waals surface area contributed by atoms with Crippen LogP contribution in [0.5, 0.6) is 0 Å². The molecule has 3 rings (SSSR count). The van der Waals surface area contributed by atoms with Crippen LogP contribution in [0.1, 0.15) is 0 Å². The van der Waals surface area contributed by atoms with Crippen LogP contribution in [-0.2, 0) is 0 Å². The number of nitrogens with zero attached hydrogens (tertiary/aromatic N) is 13. The minimum Gasteiger partial charge on any atom is -0.358 e. The molecule has 0 atom stereocenters. The van der Waals surface area contributed by atoms with E-state index in [0.717, 1.165) is 0 Å². The first-order chi connectivity index (χ1) is 18.5. The number of aromatic nitrogens is 5. The van der Waals surface area contributed by atoms with Crippen molar-refractivity contribution < 1.29 is 39.4 Å². The third kappa shape index (κ3) is 4.18. The molecule has 3 aromatic heterocycles. The molecule has 0 aromatic carbocycles. The molecule has 3 aromatic rings. The number of hydrogen-bond donors (Lipinski definition) is 0. The van der Waals surface area contributed by atoms with E-state index in [2.05, 4.69) is 15.2 Å². The Bertz CT molecular complexity index is 1610. The predicted molar refractivity (Wildman–Crippen MR) is 112 cm³/mol. The van der Waals surface area contributed by atoms with Gasteiger partial charge in [-0.3, -0.25) is 40.5 Å². The van der Waals surface area contributed by atoms with Gasteiger partial charge in [-0.2, -0.15) is 0 Å². The van der Waals surface area contributed by atoms with E-state index in [9.17, 15) is 80.9 Å². The average Bonchev–Trinajstić information content (AvgIpc) is 3.43. The van der Waals surface area contributed by atoms with Gasteiger partial charge in [-0.05, 0) is 19.7 Å². The summed E-state index contributed by atoms with van der Waals surface area (Å²) >= 11 is 0. The summed E-state index contributed by atoms with van der Waals surface area (Å²) in [5.74, 6) is -11.0. The van der Waals surface area contributed by atoms with Crippen molar-refractivity contribution in [1.29, 1.82) is 0 Å². The van der Waals surface area contributed by atoms with E-state index < -0.39 is 106 Å². The SMILES string of the molecule is O=[N+]([O-])c1cc([N+](=O)[O-])c(-n2nc([N+](=O)[O-])c([N+](=O)[O-])c2[N+](=O)[O-])nc1-n1nc([N+](=O)[O-])c([N+](=O)[O-])c1[N+](=O)[O-]. The summed E-state index contributed by atoms with van der Waals surface area (Å²) in [7, 11) is 0. The lowest BCUT2D eigenvalue weighted by Gasteiger charge is -2.00. The van der Waals surface area contributed by atoms with Crippen molar-refractivity contribution in [3.8, 4) is 11.6 Å². The van der Waals surface area contributed by atoms with E-state index in [-0.39, 0.29) is 6.07 Å².